The second-order valence-electron chi connectivity index (χ2n) is 4.43. The van der Waals surface area contributed by atoms with Gasteiger partial charge >= 0.3 is 0 Å². The fraction of sp³-hybridized carbons (Fsp3) is 0.500. The maximum atomic E-state index is 12.0. The minimum Gasteiger partial charge on any atom is -0.346 e. The molecule has 0 bridgehead atoms. The molecule has 16 heavy (non-hydrogen) atoms. The molecular formula is C12H17ClN2O. The molecule has 3 nitrogen and oxygen atoms in total. The third-order valence-corrected chi connectivity index (χ3v) is 3.23. The van der Waals surface area contributed by atoms with Gasteiger partial charge in [0.15, 0.2) is 0 Å². The van der Waals surface area contributed by atoms with Gasteiger partial charge in [-0.2, -0.15) is 0 Å². The lowest BCUT2D eigenvalue weighted by Gasteiger charge is -2.29. The fourth-order valence-corrected chi connectivity index (χ4v) is 1.24. The number of halogens is 1. The highest BCUT2D eigenvalue weighted by atomic mass is 35.5. The summed E-state index contributed by atoms with van der Waals surface area (Å²) in [5.74, 6) is -0.136. The van der Waals surface area contributed by atoms with Crippen LogP contribution in [0.3, 0.4) is 0 Å². The number of nitrogens with zero attached hydrogens (tertiary/aromatic N) is 1. The minimum absolute atomic E-state index is 0.136. The molecule has 0 spiro atoms. The van der Waals surface area contributed by atoms with E-state index < -0.39 is 5.54 Å². The molecule has 0 aliphatic carbocycles. The first kappa shape index (κ1) is 13.0. The molecule has 1 aromatic rings. The van der Waals surface area contributed by atoms with Gasteiger partial charge in [-0.15, -0.1) is 11.6 Å². The van der Waals surface area contributed by atoms with Crippen molar-refractivity contribution in [2.75, 3.05) is 0 Å². The molecule has 1 N–H and O–H groups in total. The molecule has 88 valence electrons. The number of hydrogen-bond acceptors (Lipinski definition) is 2. The predicted molar refractivity (Wildman–Crippen MR) is 65.8 cm³/mol. The molecule has 1 heterocycles. The molecular weight excluding hydrogens is 224 g/mol. The van der Waals surface area contributed by atoms with Crippen molar-refractivity contribution in [2.24, 2.45) is 0 Å². The van der Waals surface area contributed by atoms with E-state index in [0.717, 1.165) is 5.69 Å². The largest absolute Gasteiger partial charge is 0.346 e. The Labute approximate surface area is 101 Å². The predicted octanol–water partition coefficient (Wildman–Crippen LogP) is 2.53. The number of carbonyl (C=O) groups is 1. The van der Waals surface area contributed by atoms with E-state index >= 15 is 0 Å². The first-order valence-electron chi connectivity index (χ1n) is 5.23. The third-order valence-electron chi connectivity index (χ3n) is 2.68. The summed E-state index contributed by atoms with van der Waals surface area (Å²) in [6, 6.07) is 3.51. The van der Waals surface area contributed by atoms with Crippen molar-refractivity contribution in [1.82, 2.24) is 10.3 Å². The van der Waals surface area contributed by atoms with Crippen molar-refractivity contribution in [3.05, 3.63) is 29.6 Å². The van der Waals surface area contributed by atoms with Gasteiger partial charge in [-0.05, 0) is 39.8 Å². The summed E-state index contributed by atoms with van der Waals surface area (Å²) in [5.41, 5.74) is 0.868. The normalized spacial score (nSPS) is 13.3. The van der Waals surface area contributed by atoms with Gasteiger partial charge in [0.2, 0.25) is 0 Å². The fourth-order valence-electron chi connectivity index (χ4n) is 1.18. The van der Waals surface area contributed by atoms with Crippen LogP contribution in [-0.2, 0) is 0 Å². The maximum Gasteiger partial charge on any atom is 0.253 e. The third kappa shape index (κ3) is 2.95. The van der Waals surface area contributed by atoms with E-state index in [1.54, 1.807) is 18.3 Å². The summed E-state index contributed by atoms with van der Waals surface area (Å²) >= 11 is 6.01. The van der Waals surface area contributed by atoms with Crippen LogP contribution < -0.4 is 5.32 Å². The van der Waals surface area contributed by atoms with Crippen LogP contribution in [0, 0.1) is 6.92 Å². The maximum absolute atomic E-state index is 12.0. The Morgan fingerprint density at radius 1 is 1.56 bits per heavy atom. The Morgan fingerprint density at radius 3 is 2.69 bits per heavy atom. The van der Waals surface area contributed by atoms with Gasteiger partial charge in [0.25, 0.3) is 5.91 Å². The van der Waals surface area contributed by atoms with Crippen molar-refractivity contribution in [3.63, 3.8) is 0 Å². The lowest BCUT2D eigenvalue weighted by atomic mass is 10.0. The van der Waals surface area contributed by atoms with Gasteiger partial charge in [0, 0.05) is 11.9 Å². The zero-order chi connectivity index (χ0) is 12.3. The van der Waals surface area contributed by atoms with E-state index in [0.29, 0.717) is 5.56 Å². The number of pyridine rings is 1. The first-order chi connectivity index (χ1) is 7.34. The molecule has 4 heteroatoms. The number of amides is 1. The summed E-state index contributed by atoms with van der Waals surface area (Å²) in [6.45, 7) is 7.46. The molecule has 0 aliphatic heterocycles. The molecule has 0 aromatic carbocycles. The first-order valence-corrected chi connectivity index (χ1v) is 5.66. The highest BCUT2D eigenvalue weighted by Gasteiger charge is 2.26. The summed E-state index contributed by atoms with van der Waals surface area (Å²) in [6.07, 6.45) is 1.67. The van der Waals surface area contributed by atoms with Crippen LogP contribution >= 0.6 is 11.6 Å². The average molecular weight is 241 g/mol. The monoisotopic (exact) mass is 240 g/mol. The van der Waals surface area contributed by atoms with Crippen LogP contribution in [0.15, 0.2) is 18.3 Å². The van der Waals surface area contributed by atoms with Crippen LogP contribution in [0.4, 0.5) is 0 Å². The molecule has 0 aliphatic rings. The Balaban J connectivity index is 2.85. The van der Waals surface area contributed by atoms with Crippen LogP contribution in [0.25, 0.3) is 0 Å². The van der Waals surface area contributed by atoms with Crippen LogP contribution in [-0.4, -0.2) is 21.8 Å². The molecule has 0 radical (unpaired) electrons. The Morgan fingerprint density at radius 2 is 2.19 bits per heavy atom. The van der Waals surface area contributed by atoms with Gasteiger partial charge in [0.1, 0.15) is 0 Å². The Bertz CT molecular complexity index is 388. The standard InChI is InChI=1S/C12H17ClN2O/c1-8-10(6-5-7-14-8)11(16)15-12(3,4)9(2)13/h5-7,9H,1-4H3,(H,15,16). The van der Waals surface area contributed by atoms with Gasteiger partial charge < -0.3 is 5.32 Å². The summed E-state index contributed by atoms with van der Waals surface area (Å²) < 4.78 is 0. The van der Waals surface area contributed by atoms with Gasteiger partial charge in [0.05, 0.1) is 16.5 Å². The summed E-state index contributed by atoms with van der Waals surface area (Å²) in [4.78, 5) is 16.1. The van der Waals surface area contributed by atoms with Gasteiger partial charge in [-0.1, -0.05) is 0 Å². The van der Waals surface area contributed by atoms with Crippen LogP contribution in [0.1, 0.15) is 36.8 Å². The zero-order valence-corrected chi connectivity index (χ0v) is 10.8. The highest BCUT2D eigenvalue weighted by Crippen LogP contribution is 2.16. The van der Waals surface area contributed by atoms with E-state index in [1.807, 2.05) is 27.7 Å². The average Bonchev–Trinajstić information content (AvgIpc) is 2.17. The van der Waals surface area contributed by atoms with Crippen molar-refractivity contribution >= 4 is 17.5 Å². The molecule has 1 rings (SSSR count). The zero-order valence-electron chi connectivity index (χ0n) is 10.0. The highest BCUT2D eigenvalue weighted by molar-refractivity contribution is 6.21. The lowest BCUT2D eigenvalue weighted by molar-refractivity contribution is 0.0911. The molecule has 1 atom stereocenters. The second-order valence-corrected chi connectivity index (χ2v) is 5.08. The number of aryl methyl sites for hydroxylation is 1. The molecule has 1 amide bonds. The Kier molecular flexibility index (Phi) is 3.92. The van der Waals surface area contributed by atoms with E-state index in [4.69, 9.17) is 11.6 Å². The number of nitrogens with one attached hydrogen (secondary N) is 1. The number of carbonyl (C=O) groups excluding carboxylic acids is 1. The van der Waals surface area contributed by atoms with Gasteiger partial charge in [-0.25, -0.2) is 0 Å². The van der Waals surface area contributed by atoms with Crippen molar-refractivity contribution in [3.8, 4) is 0 Å². The van der Waals surface area contributed by atoms with Crippen molar-refractivity contribution in [2.45, 2.75) is 38.6 Å². The SMILES string of the molecule is Cc1ncccc1C(=O)NC(C)(C)C(C)Cl. The molecule has 0 saturated heterocycles. The van der Waals surface area contributed by atoms with E-state index in [1.165, 1.54) is 0 Å². The number of alkyl halides is 1. The molecule has 1 aromatic heterocycles. The van der Waals surface area contributed by atoms with Crippen molar-refractivity contribution < 1.29 is 4.79 Å². The van der Waals surface area contributed by atoms with Crippen LogP contribution in [0.2, 0.25) is 0 Å². The lowest BCUT2D eigenvalue weighted by Crippen LogP contribution is -2.49. The van der Waals surface area contributed by atoms with E-state index in [9.17, 15) is 4.79 Å². The molecule has 0 saturated carbocycles. The smallest absolute Gasteiger partial charge is 0.253 e. The Hall–Kier alpha value is -1.09. The number of hydrogen-bond donors (Lipinski definition) is 1. The van der Waals surface area contributed by atoms with Crippen LogP contribution in [0.5, 0.6) is 0 Å². The molecule has 0 fully saturated rings. The quantitative estimate of drug-likeness (QED) is 0.825. The summed E-state index contributed by atoms with van der Waals surface area (Å²) in [7, 11) is 0. The summed E-state index contributed by atoms with van der Waals surface area (Å²) in [5, 5.41) is 2.76. The van der Waals surface area contributed by atoms with E-state index in [2.05, 4.69) is 10.3 Å². The topological polar surface area (TPSA) is 42.0 Å². The second kappa shape index (κ2) is 4.83. The van der Waals surface area contributed by atoms with Crippen molar-refractivity contribution in [1.29, 1.82) is 0 Å². The van der Waals surface area contributed by atoms with E-state index in [-0.39, 0.29) is 11.3 Å². The molecule has 1 unspecified atom stereocenters. The minimum atomic E-state index is -0.444. The number of rotatable bonds is 3. The van der Waals surface area contributed by atoms with Gasteiger partial charge in [-0.3, -0.25) is 9.78 Å². The number of aromatic nitrogens is 1.